The number of rotatable bonds is 14. The highest BCUT2D eigenvalue weighted by Crippen LogP contribution is 2.30. The summed E-state index contributed by atoms with van der Waals surface area (Å²) in [5, 5.41) is 0. The van der Waals surface area contributed by atoms with Crippen LogP contribution in [-0.2, 0) is 19.1 Å². The fourth-order valence-electron chi connectivity index (χ4n) is 3.80. The molecule has 0 aliphatic carbocycles. The maximum absolute atomic E-state index is 13.1. The van der Waals surface area contributed by atoms with Gasteiger partial charge in [-0.05, 0) is 65.5 Å². The summed E-state index contributed by atoms with van der Waals surface area (Å²) >= 11 is 0. The zero-order valence-electron chi connectivity index (χ0n) is 22.2. The van der Waals surface area contributed by atoms with Gasteiger partial charge in [0.1, 0.15) is 11.5 Å². The quantitative estimate of drug-likeness (QED) is 0.189. The van der Waals surface area contributed by atoms with Crippen molar-refractivity contribution < 1.29 is 33.3 Å². The Bertz CT molecular complexity index is 1030. The average Bonchev–Trinajstić information content (AvgIpc) is 2.88. The topological polar surface area (TPSA) is 88.1 Å². The highest BCUT2D eigenvalue weighted by Gasteiger charge is 2.29. The molecule has 0 N–H and O–H groups in total. The monoisotopic (exact) mass is 498 g/mol. The van der Waals surface area contributed by atoms with Gasteiger partial charge in [0.15, 0.2) is 5.78 Å². The molecule has 0 aliphatic heterocycles. The van der Waals surface area contributed by atoms with E-state index in [1.54, 1.807) is 30.3 Å². The molecule has 0 aliphatic rings. The molecule has 0 saturated heterocycles. The number of ketones is 1. The Hall–Kier alpha value is -3.35. The van der Waals surface area contributed by atoms with E-state index in [-0.39, 0.29) is 17.7 Å². The first-order chi connectivity index (χ1) is 17.0. The number of ether oxygens (including phenoxy) is 4. The highest BCUT2D eigenvalue weighted by atomic mass is 16.5. The third-order valence-corrected chi connectivity index (χ3v) is 6.13. The predicted molar refractivity (Wildman–Crippen MR) is 137 cm³/mol. The molecule has 2 aromatic carbocycles. The smallest absolute Gasteiger partial charge is 0.311 e. The van der Waals surface area contributed by atoms with Crippen LogP contribution in [0.4, 0.5) is 0 Å². The van der Waals surface area contributed by atoms with Gasteiger partial charge in [0.05, 0.1) is 43.8 Å². The maximum Gasteiger partial charge on any atom is 0.311 e. The van der Waals surface area contributed by atoms with Crippen LogP contribution in [0.5, 0.6) is 11.5 Å². The summed E-state index contributed by atoms with van der Waals surface area (Å²) in [6, 6.07) is 14.2. The molecular formula is C29H38O7. The number of carbonyl (C=O) groups excluding carboxylic acids is 3. The molecule has 0 atom stereocenters. The molecule has 0 bridgehead atoms. The van der Waals surface area contributed by atoms with E-state index in [2.05, 4.69) is 0 Å². The Balaban J connectivity index is 2.10. The molecule has 0 spiro atoms. The van der Waals surface area contributed by atoms with Gasteiger partial charge < -0.3 is 18.9 Å². The lowest BCUT2D eigenvalue weighted by Crippen LogP contribution is -2.26. The largest absolute Gasteiger partial charge is 0.493 e. The van der Waals surface area contributed by atoms with Crippen molar-refractivity contribution in [2.24, 2.45) is 10.8 Å². The highest BCUT2D eigenvalue weighted by molar-refractivity contribution is 6.10. The van der Waals surface area contributed by atoms with E-state index in [9.17, 15) is 14.4 Å². The molecule has 7 heteroatoms. The van der Waals surface area contributed by atoms with Gasteiger partial charge in [-0.3, -0.25) is 14.4 Å². The first-order valence-electron chi connectivity index (χ1n) is 12.2. The van der Waals surface area contributed by atoms with Crippen LogP contribution in [0.25, 0.3) is 0 Å². The van der Waals surface area contributed by atoms with E-state index in [4.69, 9.17) is 18.9 Å². The average molecular weight is 499 g/mol. The molecule has 7 nitrogen and oxygen atoms in total. The number of benzene rings is 2. The van der Waals surface area contributed by atoms with Crippen LogP contribution in [0.1, 0.15) is 69.3 Å². The summed E-state index contributed by atoms with van der Waals surface area (Å²) in [7, 11) is 2.76. The normalized spacial score (nSPS) is 11.5. The first-order valence-corrected chi connectivity index (χ1v) is 12.2. The van der Waals surface area contributed by atoms with Crippen LogP contribution in [0, 0.1) is 10.8 Å². The van der Waals surface area contributed by atoms with Crippen molar-refractivity contribution in [3.63, 3.8) is 0 Å². The second-order valence-corrected chi connectivity index (χ2v) is 10.0. The van der Waals surface area contributed by atoms with Gasteiger partial charge in [-0.15, -0.1) is 0 Å². The summed E-state index contributed by atoms with van der Waals surface area (Å²) in [6.07, 6.45) is 2.46. The first kappa shape index (κ1) is 28.9. The van der Waals surface area contributed by atoms with Crippen LogP contribution < -0.4 is 9.47 Å². The van der Waals surface area contributed by atoms with Gasteiger partial charge in [-0.2, -0.15) is 0 Å². The molecule has 0 amide bonds. The number of esters is 2. The molecule has 0 unspecified atom stereocenters. The van der Waals surface area contributed by atoms with E-state index in [0.29, 0.717) is 61.5 Å². The second kappa shape index (κ2) is 13.1. The minimum absolute atomic E-state index is 0.146. The third-order valence-electron chi connectivity index (χ3n) is 6.13. The van der Waals surface area contributed by atoms with E-state index in [1.165, 1.54) is 14.2 Å². The second-order valence-electron chi connectivity index (χ2n) is 10.0. The minimum atomic E-state index is -0.621. The number of methoxy groups -OCH3 is 2. The standard InChI is InChI=1S/C29H38O7/c1-28(2,26(31)33-5)16-10-18-35-22-14-15-23(25(30)21-12-8-7-9-13-21)24(20-22)36-19-11-17-29(3,4)27(32)34-6/h7-9,12-15,20H,10-11,16-19H2,1-6H3. The van der Waals surface area contributed by atoms with Crippen molar-refractivity contribution in [2.45, 2.75) is 53.4 Å². The van der Waals surface area contributed by atoms with Gasteiger partial charge in [0.25, 0.3) is 0 Å². The summed E-state index contributed by atoms with van der Waals surface area (Å²) in [4.78, 5) is 36.9. The molecule has 0 fully saturated rings. The van der Waals surface area contributed by atoms with Crippen LogP contribution in [0.15, 0.2) is 48.5 Å². The van der Waals surface area contributed by atoms with Crippen LogP contribution in [0.2, 0.25) is 0 Å². The molecule has 0 saturated carbocycles. The molecule has 0 radical (unpaired) electrons. The Morgan fingerprint density at radius 3 is 1.78 bits per heavy atom. The van der Waals surface area contributed by atoms with Gasteiger partial charge in [0, 0.05) is 11.6 Å². The molecule has 36 heavy (non-hydrogen) atoms. The zero-order chi connectivity index (χ0) is 26.8. The molecule has 2 rings (SSSR count). The van der Waals surface area contributed by atoms with Crippen LogP contribution in [0.3, 0.4) is 0 Å². The SMILES string of the molecule is COC(=O)C(C)(C)CCCOc1ccc(C(=O)c2ccccc2)c(OCCCC(C)(C)C(=O)OC)c1. The van der Waals surface area contributed by atoms with Crippen LogP contribution >= 0.6 is 0 Å². The lowest BCUT2D eigenvalue weighted by Gasteiger charge is -2.21. The van der Waals surface area contributed by atoms with E-state index in [1.807, 2.05) is 45.9 Å². The Morgan fingerprint density at radius 1 is 0.722 bits per heavy atom. The minimum Gasteiger partial charge on any atom is -0.493 e. The summed E-state index contributed by atoms with van der Waals surface area (Å²) in [5.41, 5.74) is -0.208. The van der Waals surface area contributed by atoms with Gasteiger partial charge in [-0.1, -0.05) is 30.3 Å². The van der Waals surface area contributed by atoms with Crippen molar-refractivity contribution in [2.75, 3.05) is 27.4 Å². The van der Waals surface area contributed by atoms with Crippen molar-refractivity contribution in [3.05, 3.63) is 59.7 Å². The van der Waals surface area contributed by atoms with Gasteiger partial charge in [-0.25, -0.2) is 0 Å². The van der Waals surface area contributed by atoms with Gasteiger partial charge >= 0.3 is 11.9 Å². The van der Waals surface area contributed by atoms with Crippen molar-refractivity contribution in [1.29, 1.82) is 0 Å². The lowest BCUT2D eigenvalue weighted by molar-refractivity contribution is -0.152. The molecule has 196 valence electrons. The summed E-state index contributed by atoms with van der Waals surface area (Å²) in [6.45, 7) is 8.08. The zero-order valence-corrected chi connectivity index (χ0v) is 22.2. The predicted octanol–water partition coefficient (Wildman–Crippen LogP) is 5.63. The third kappa shape index (κ3) is 8.11. The molecule has 0 aromatic heterocycles. The number of carbonyl (C=O) groups is 3. The molecule has 2 aromatic rings. The van der Waals surface area contributed by atoms with Gasteiger partial charge in [0.2, 0.25) is 0 Å². The fourth-order valence-corrected chi connectivity index (χ4v) is 3.80. The maximum atomic E-state index is 13.1. The molecular weight excluding hydrogens is 460 g/mol. The number of hydrogen-bond donors (Lipinski definition) is 0. The van der Waals surface area contributed by atoms with E-state index in [0.717, 1.165) is 0 Å². The summed E-state index contributed by atoms with van der Waals surface area (Å²) in [5.74, 6) is 0.324. The lowest BCUT2D eigenvalue weighted by atomic mass is 9.88. The summed E-state index contributed by atoms with van der Waals surface area (Å²) < 4.78 is 21.6. The van der Waals surface area contributed by atoms with Crippen molar-refractivity contribution in [3.8, 4) is 11.5 Å². The van der Waals surface area contributed by atoms with E-state index >= 15 is 0 Å². The Labute approximate surface area is 214 Å². The fraction of sp³-hybridized carbons (Fsp3) is 0.483. The van der Waals surface area contributed by atoms with Crippen LogP contribution in [-0.4, -0.2) is 45.2 Å². The van der Waals surface area contributed by atoms with Crippen molar-refractivity contribution >= 4 is 17.7 Å². The van der Waals surface area contributed by atoms with Crippen molar-refractivity contribution in [1.82, 2.24) is 0 Å². The Kier molecular flexibility index (Phi) is 10.5. The Morgan fingerprint density at radius 2 is 1.25 bits per heavy atom. The van der Waals surface area contributed by atoms with E-state index < -0.39 is 10.8 Å². The molecule has 0 heterocycles. The number of hydrogen-bond acceptors (Lipinski definition) is 7.